The van der Waals surface area contributed by atoms with Crippen LogP contribution < -0.4 is 11.1 Å². The van der Waals surface area contributed by atoms with Gasteiger partial charge in [-0.15, -0.1) is 0 Å². The molecule has 18 heavy (non-hydrogen) atoms. The Hall–Kier alpha value is -0.963. The SMILES string of the molecule is CO[Si](C)(CCCN[C@@H](CC(N)=O)C(=O)O)OC. The third kappa shape index (κ3) is 6.69. The maximum atomic E-state index is 10.8. The molecule has 0 aromatic carbocycles. The first-order valence-corrected chi connectivity index (χ1v) is 8.22. The van der Waals surface area contributed by atoms with Crippen LogP contribution in [-0.2, 0) is 18.4 Å². The summed E-state index contributed by atoms with van der Waals surface area (Å²) in [6, 6.07) is -0.184. The van der Waals surface area contributed by atoms with Gasteiger partial charge in [-0.05, 0) is 25.6 Å². The van der Waals surface area contributed by atoms with Crippen LogP contribution in [-0.4, -0.2) is 52.4 Å². The lowest BCUT2D eigenvalue weighted by Gasteiger charge is -2.23. The number of nitrogens with one attached hydrogen (secondary N) is 1. The number of hydrogen-bond donors (Lipinski definition) is 3. The molecular formula is C10H22N2O5Si. The lowest BCUT2D eigenvalue weighted by Crippen LogP contribution is -2.41. The van der Waals surface area contributed by atoms with Gasteiger partial charge in [0.05, 0.1) is 6.42 Å². The zero-order valence-electron chi connectivity index (χ0n) is 11.1. The maximum Gasteiger partial charge on any atom is 0.334 e. The maximum absolute atomic E-state index is 10.8. The molecule has 8 heteroatoms. The number of carboxylic acid groups (broad SMARTS) is 1. The summed E-state index contributed by atoms with van der Waals surface area (Å²) in [5, 5.41) is 11.6. The Labute approximate surface area is 108 Å². The Morgan fingerprint density at radius 3 is 2.33 bits per heavy atom. The first kappa shape index (κ1) is 17.0. The molecule has 0 aromatic rings. The normalized spacial score (nSPS) is 13.3. The minimum atomic E-state index is -2.11. The molecule has 0 bridgehead atoms. The highest BCUT2D eigenvalue weighted by atomic mass is 28.4. The monoisotopic (exact) mass is 278 g/mol. The number of nitrogens with two attached hydrogens (primary N) is 1. The van der Waals surface area contributed by atoms with Crippen LogP contribution in [0.25, 0.3) is 0 Å². The summed E-state index contributed by atoms with van der Waals surface area (Å²) in [7, 11) is 1.11. The van der Waals surface area contributed by atoms with Gasteiger partial charge in [-0.2, -0.15) is 0 Å². The summed E-state index contributed by atoms with van der Waals surface area (Å²) >= 11 is 0. The molecule has 4 N–H and O–H groups in total. The molecule has 0 saturated heterocycles. The van der Waals surface area contributed by atoms with Gasteiger partial charge >= 0.3 is 14.5 Å². The van der Waals surface area contributed by atoms with Crippen molar-refractivity contribution in [3.8, 4) is 0 Å². The van der Waals surface area contributed by atoms with Crippen molar-refractivity contribution in [1.29, 1.82) is 0 Å². The topological polar surface area (TPSA) is 111 Å². The van der Waals surface area contributed by atoms with Crippen LogP contribution >= 0.6 is 0 Å². The van der Waals surface area contributed by atoms with Crippen molar-refractivity contribution in [3.05, 3.63) is 0 Å². The second-order valence-electron chi connectivity index (χ2n) is 4.16. The number of hydrogen-bond acceptors (Lipinski definition) is 5. The van der Waals surface area contributed by atoms with Crippen molar-refractivity contribution in [2.24, 2.45) is 5.73 Å². The zero-order valence-corrected chi connectivity index (χ0v) is 12.1. The van der Waals surface area contributed by atoms with Crippen molar-refractivity contribution in [2.45, 2.75) is 31.5 Å². The number of aliphatic carboxylic acids is 1. The van der Waals surface area contributed by atoms with E-state index in [0.29, 0.717) is 13.0 Å². The van der Waals surface area contributed by atoms with Crippen LogP contribution in [0.1, 0.15) is 12.8 Å². The van der Waals surface area contributed by atoms with Crippen molar-refractivity contribution >= 4 is 20.4 Å². The number of amides is 1. The second kappa shape index (κ2) is 8.19. The molecule has 1 atom stereocenters. The van der Waals surface area contributed by atoms with Crippen LogP contribution in [0, 0.1) is 0 Å². The number of rotatable bonds is 10. The van der Waals surface area contributed by atoms with Crippen LogP contribution in [0.15, 0.2) is 0 Å². The molecule has 0 aliphatic carbocycles. The Kier molecular flexibility index (Phi) is 7.76. The first-order valence-electron chi connectivity index (χ1n) is 5.69. The minimum Gasteiger partial charge on any atom is -0.480 e. The summed E-state index contributed by atoms with van der Waals surface area (Å²) in [6.45, 7) is 2.41. The fraction of sp³-hybridized carbons (Fsp3) is 0.800. The molecule has 0 unspecified atom stereocenters. The molecule has 0 aliphatic heterocycles. The first-order chi connectivity index (χ1) is 8.34. The number of carbonyl (C=O) groups is 2. The van der Waals surface area contributed by atoms with Gasteiger partial charge in [0.1, 0.15) is 6.04 Å². The lowest BCUT2D eigenvalue weighted by molar-refractivity contribution is -0.141. The molecule has 0 saturated carbocycles. The Morgan fingerprint density at radius 1 is 1.39 bits per heavy atom. The van der Waals surface area contributed by atoms with E-state index in [0.717, 1.165) is 6.04 Å². The van der Waals surface area contributed by atoms with Gasteiger partial charge in [0.2, 0.25) is 5.91 Å². The zero-order chi connectivity index (χ0) is 14.2. The van der Waals surface area contributed by atoms with E-state index in [-0.39, 0.29) is 6.42 Å². The third-order valence-electron chi connectivity index (χ3n) is 2.77. The van der Waals surface area contributed by atoms with E-state index in [1.165, 1.54) is 0 Å². The third-order valence-corrected chi connectivity index (χ3v) is 5.75. The average Bonchev–Trinajstić information content (AvgIpc) is 2.32. The molecule has 0 radical (unpaired) electrons. The van der Waals surface area contributed by atoms with Gasteiger partial charge in [0.25, 0.3) is 0 Å². The van der Waals surface area contributed by atoms with Gasteiger partial charge in [-0.25, -0.2) is 0 Å². The van der Waals surface area contributed by atoms with Crippen molar-refractivity contribution in [2.75, 3.05) is 20.8 Å². The lowest BCUT2D eigenvalue weighted by atomic mass is 10.2. The summed E-state index contributed by atoms with van der Waals surface area (Å²) in [6.07, 6.45) is 0.505. The number of carboxylic acids is 1. The summed E-state index contributed by atoms with van der Waals surface area (Å²) in [5.41, 5.74) is 4.97. The Morgan fingerprint density at radius 2 is 1.94 bits per heavy atom. The molecule has 1 amide bonds. The molecule has 7 nitrogen and oxygen atoms in total. The predicted molar refractivity (Wildman–Crippen MR) is 68.3 cm³/mol. The average molecular weight is 278 g/mol. The van der Waals surface area contributed by atoms with Gasteiger partial charge in [-0.3, -0.25) is 9.59 Å². The van der Waals surface area contributed by atoms with Crippen molar-refractivity contribution in [1.82, 2.24) is 5.32 Å². The highest BCUT2D eigenvalue weighted by Crippen LogP contribution is 2.13. The summed E-state index contributed by atoms with van der Waals surface area (Å²) < 4.78 is 10.6. The molecule has 0 aromatic heterocycles. The van der Waals surface area contributed by atoms with Crippen molar-refractivity contribution in [3.63, 3.8) is 0 Å². The standard InChI is InChI=1S/C10H22N2O5Si/c1-16-18(3,17-2)6-4-5-12-8(10(14)15)7-9(11)13/h8,12H,4-7H2,1-3H3,(H2,11,13)(H,14,15)/t8-/m0/s1. The largest absolute Gasteiger partial charge is 0.480 e. The quantitative estimate of drug-likeness (QED) is 0.372. The molecule has 106 valence electrons. The van der Waals surface area contributed by atoms with Crippen LogP contribution in [0.4, 0.5) is 0 Å². The van der Waals surface area contributed by atoms with Gasteiger partial charge < -0.3 is 25.0 Å². The second-order valence-corrected chi connectivity index (χ2v) is 7.75. The van der Waals surface area contributed by atoms with Crippen LogP contribution in [0.5, 0.6) is 0 Å². The summed E-state index contributed by atoms with van der Waals surface area (Å²) in [4.78, 5) is 21.5. The van der Waals surface area contributed by atoms with E-state index in [2.05, 4.69) is 5.32 Å². The van der Waals surface area contributed by atoms with Gasteiger partial charge in [-0.1, -0.05) is 0 Å². The Balaban J connectivity index is 4.00. The predicted octanol–water partition coefficient (Wildman–Crippen LogP) is -0.340. The summed E-state index contributed by atoms with van der Waals surface area (Å²) in [5.74, 6) is -1.71. The smallest absolute Gasteiger partial charge is 0.334 e. The molecule has 0 heterocycles. The number of carbonyl (C=O) groups excluding carboxylic acids is 1. The van der Waals surface area contributed by atoms with E-state index in [1.807, 2.05) is 6.55 Å². The van der Waals surface area contributed by atoms with E-state index < -0.39 is 26.5 Å². The molecule has 0 rings (SSSR count). The fourth-order valence-corrected chi connectivity index (χ4v) is 2.82. The molecular weight excluding hydrogens is 256 g/mol. The molecule has 0 spiro atoms. The molecule has 0 aliphatic rings. The fourth-order valence-electron chi connectivity index (χ4n) is 1.42. The Bertz CT molecular complexity index is 283. The van der Waals surface area contributed by atoms with Crippen LogP contribution in [0.2, 0.25) is 12.6 Å². The minimum absolute atomic E-state index is 0.210. The van der Waals surface area contributed by atoms with Gasteiger partial charge in [0, 0.05) is 14.2 Å². The van der Waals surface area contributed by atoms with E-state index in [9.17, 15) is 9.59 Å². The van der Waals surface area contributed by atoms with E-state index >= 15 is 0 Å². The van der Waals surface area contributed by atoms with E-state index in [4.69, 9.17) is 19.7 Å². The van der Waals surface area contributed by atoms with Crippen LogP contribution in [0.3, 0.4) is 0 Å². The van der Waals surface area contributed by atoms with Gasteiger partial charge in [0.15, 0.2) is 0 Å². The highest BCUT2D eigenvalue weighted by molar-refractivity contribution is 6.65. The number of primary amides is 1. The highest BCUT2D eigenvalue weighted by Gasteiger charge is 2.28. The molecule has 0 fully saturated rings. The van der Waals surface area contributed by atoms with Crippen molar-refractivity contribution < 1.29 is 23.5 Å². The van der Waals surface area contributed by atoms with E-state index in [1.54, 1.807) is 14.2 Å².